The number of benzene rings is 1. The van der Waals surface area contributed by atoms with Crippen molar-refractivity contribution in [2.75, 3.05) is 5.32 Å². The van der Waals surface area contributed by atoms with Crippen LogP contribution in [0.3, 0.4) is 0 Å². The van der Waals surface area contributed by atoms with E-state index in [-0.39, 0.29) is 11.8 Å². The topological polar surface area (TPSA) is 68.0 Å². The first-order valence-electron chi connectivity index (χ1n) is 8.30. The second-order valence-electron chi connectivity index (χ2n) is 6.01. The van der Waals surface area contributed by atoms with Gasteiger partial charge in [-0.2, -0.15) is 4.98 Å². The summed E-state index contributed by atoms with van der Waals surface area (Å²) < 4.78 is 5.18. The van der Waals surface area contributed by atoms with Gasteiger partial charge in [0.25, 0.3) is 0 Å². The maximum absolute atomic E-state index is 12.1. The van der Waals surface area contributed by atoms with Crippen molar-refractivity contribution in [1.82, 2.24) is 10.1 Å². The smallest absolute Gasteiger partial charge is 0.226 e. The number of carbonyl (C=O) groups excluding carboxylic acids is 1. The van der Waals surface area contributed by atoms with Crippen molar-refractivity contribution in [3.63, 3.8) is 0 Å². The molecule has 1 amide bonds. The van der Waals surface area contributed by atoms with Crippen LogP contribution in [0, 0.1) is 0 Å². The van der Waals surface area contributed by atoms with E-state index in [1.165, 1.54) is 5.56 Å². The number of nitrogens with zero attached hydrogens (tertiary/aromatic N) is 2. The van der Waals surface area contributed by atoms with Gasteiger partial charge in [-0.25, -0.2) is 0 Å². The third-order valence-electron chi connectivity index (χ3n) is 3.61. The molecule has 0 saturated carbocycles. The largest absolute Gasteiger partial charge is 0.339 e. The van der Waals surface area contributed by atoms with Crippen LogP contribution in [0.25, 0.3) is 0 Å². The van der Waals surface area contributed by atoms with E-state index < -0.39 is 0 Å². The number of anilines is 1. The second kappa shape index (κ2) is 8.46. The molecular weight excluding hydrogens is 290 g/mol. The number of carbonyl (C=O) groups is 1. The quantitative estimate of drug-likeness (QED) is 0.796. The Morgan fingerprint density at radius 3 is 2.74 bits per heavy atom. The van der Waals surface area contributed by atoms with Crippen molar-refractivity contribution in [2.45, 2.75) is 58.8 Å². The first-order chi connectivity index (χ1) is 11.1. The summed E-state index contributed by atoms with van der Waals surface area (Å²) >= 11 is 0. The summed E-state index contributed by atoms with van der Waals surface area (Å²) in [6.45, 7) is 6.18. The predicted octanol–water partition coefficient (Wildman–Crippen LogP) is 4.11. The van der Waals surface area contributed by atoms with Crippen LogP contribution in [0.5, 0.6) is 0 Å². The summed E-state index contributed by atoms with van der Waals surface area (Å²) in [7, 11) is 0. The lowest BCUT2D eigenvalue weighted by molar-refractivity contribution is -0.116. The first-order valence-corrected chi connectivity index (χ1v) is 8.30. The molecule has 124 valence electrons. The van der Waals surface area contributed by atoms with E-state index in [1.54, 1.807) is 0 Å². The molecule has 2 rings (SSSR count). The zero-order valence-electron chi connectivity index (χ0n) is 14.1. The molecule has 1 heterocycles. The zero-order valence-corrected chi connectivity index (χ0v) is 14.1. The molecule has 0 atom stereocenters. The SMILES string of the molecule is CCCc1ccccc1NC(=O)CCCc1nc(C(C)C)no1. The summed E-state index contributed by atoms with van der Waals surface area (Å²) in [5.74, 6) is 1.61. The molecule has 0 aliphatic heterocycles. The van der Waals surface area contributed by atoms with Crippen molar-refractivity contribution in [3.8, 4) is 0 Å². The molecule has 2 aromatic rings. The number of aromatic nitrogens is 2. The molecule has 0 aliphatic carbocycles. The maximum atomic E-state index is 12.1. The summed E-state index contributed by atoms with van der Waals surface area (Å²) in [6.07, 6.45) is 3.80. The second-order valence-corrected chi connectivity index (χ2v) is 6.01. The van der Waals surface area contributed by atoms with Crippen LogP contribution in [-0.4, -0.2) is 16.0 Å². The number of amides is 1. The molecule has 5 nitrogen and oxygen atoms in total. The molecule has 0 saturated heterocycles. The Bertz CT molecular complexity index is 635. The van der Waals surface area contributed by atoms with Crippen LogP contribution < -0.4 is 5.32 Å². The number of hydrogen-bond acceptors (Lipinski definition) is 4. The fraction of sp³-hybridized carbons (Fsp3) is 0.500. The van der Waals surface area contributed by atoms with Gasteiger partial charge in [-0.15, -0.1) is 0 Å². The van der Waals surface area contributed by atoms with Crippen LogP contribution in [-0.2, 0) is 17.6 Å². The van der Waals surface area contributed by atoms with Crippen LogP contribution in [0.4, 0.5) is 5.69 Å². The zero-order chi connectivity index (χ0) is 16.7. The highest BCUT2D eigenvalue weighted by molar-refractivity contribution is 5.91. The molecule has 0 bridgehead atoms. The van der Waals surface area contributed by atoms with Crippen LogP contribution >= 0.6 is 0 Å². The molecule has 1 aromatic carbocycles. The fourth-order valence-corrected chi connectivity index (χ4v) is 2.35. The normalized spacial score (nSPS) is 11.0. The van der Waals surface area contributed by atoms with Gasteiger partial charge < -0.3 is 9.84 Å². The summed E-state index contributed by atoms with van der Waals surface area (Å²) in [6, 6.07) is 7.96. The van der Waals surface area contributed by atoms with Crippen molar-refractivity contribution in [3.05, 3.63) is 41.5 Å². The van der Waals surface area contributed by atoms with Gasteiger partial charge in [-0.05, 0) is 24.5 Å². The molecule has 23 heavy (non-hydrogen) atoms. The lowest BCUT2D eigenvalue weighted by Crippen LogP contribution is -2.13. The van der Waals surface area contributed by atoms with Crippen molar-refractivity contribution in [2.24, 2.45) is 0 Å². The predicted molar refractivity (Wildman–Crippen MR) is 90.4 cm³/mol. The standard InChI is InChI=1S/C18H25N3O2/c1-4-8-14-9-5-6-10-15(14)19-16(22)11-7-12-17-20-18(13(2)3)21-23-17/h5-6,9-10,13H,4,7-8,11-12H2,1-3H3,(H,19,22). The van der Waals surface area contributed by atoms with E-state index in [1.807, 2.05) is 32.0 Å². The minimum Gasteiger partial charge on any atom is -0.339 e. The van der Waals surface area contributed by atoms with Crippen LogP contribution in [0.2, 0.25) is 0 Å². The van der Waals surface area contributed by atoms with E-state index in [4.69, 9.17) is 4.52 Å². The molecule has 1 aromatic heterocycles. The van der Waals surface area contributed by atoms with Gasteiger partial charge in [-0.3, -0.25) is 4.79 Å². The number of rotatable bonds is 8. The van der Waals surface area contributed by atoms with Crippen LogP contribution in [0.1, 0.15) is 63.2 Å². The molecule has 0 aliphatic rings. The Kier molecular flexibility index (Phi) is 6.32. The number of nitrogens with one attached hydrogen (secondary N) is 1. The Balaban J connectivity index is 1.81. The molecule has 0 fully saturated rings. The highest BCUT2D eigenvalue weighted by atomic mass is 16.5. The third-order valence-corrected chi connectivity index (χ3v) is 3.61. The third kappa shape index (κ3) is 5.20. The van der Waals surface area contributed by atoms with Crippen LogP contribution in [0.15, 0.2) is 28.8 Å². The molecule has 0 unspecified atom stereocenters. The molecule has 5 heteroatoms. The lowest BCUT2D eigenvalue weighted by atomic mass is 10.1. The van der Waals surface area contributed by atoms with Gasteiger partial charge in [0, 0.05) is 24.4 Å². The molecular formula is C18H25N3O2. The Morgan fingerprint density at radius 2 is 2.04 bits per heavy atom. The van der Waals surface area contributed by atoms with E-state index in [2.05, 4.69) is 28.4 Å². The highest BCUT2D eigenvalue weighted by Gasteiger charge is 2.11. The summed E-state index contributed by atoms with van der Waals surface area (Å²) in [5, 5.41) is 6.93. The van der Waals surface area contributed by atoms with Gasteiger partial charge in [-0.1, -0.05) is 50.5 Å². The molecule has 1 N–H and O–H groups in total. The summed E-state index contributed by atoms with van der Waals surface area (Å²) in [4.78, 5) is 16.4. The van der Waals surface area contributed by atoms with E-state index >= 15 is 0 Å². The maximum Gasteiger partial charge on any atom is 0.226 e. The van der Waals surface area contributed by atoms with Gasteiger partial charge in [0.15, 0.2) is 5.82 Å². The van der Waals surface area contributed by atoms with Gasteiger partial charge in [0.2, 0.25) is 11.8 Å². The first kappa shape index (κ1) is 17.2. The Hall–Kier alpha value is -2.17. The highest BCUT2D eigenvalue weighted by Crippen LogP contribution is 2.17. The monoisotopic (exact) mass is 315 g/mol. The average Bonchev–Trinajstić information content (AvgIpc) is 2.99. The van der Waals surface area contributed by atoms with E-state index in [9.17, 15) is 4.79 Å². The minimum absolute atomic E-state index is 0.0251. The van der Waals surface area contributed by atoms with Crippen molar-refractivity contribution >= 4 is 11.6 Å². The summed E-state index contributed by atoms with van der Waals surface area (Å²) in [5.41, 5.74) is 2.10. The molecule has 0 spiro atoms. The minimum atomic E-state index is 0.0251. The van der Waals surface area contributed by atoms with Gasteiger partial charge >= 0.3 is 0 Å². The lowest BCUT2D eigenvalue weighted by Gasteiger charge is -2.10. The van der Waals surface area contributed by atoms with Crippen molar-refractivity contribution in [1.29, 1.82) is 0 Å². The molecule has 0 radical (unpaired) electrons. The number of hydrogen-bond donors (Lipinski definition) is 1. The Labute approximate surface area is 137 Å². The van der Waals surface area contributed by atoms with Crippen molar-refractivity contribution < 1.29 is 9.32 Å². The van der Waals surface area contributed by atoms with E-state index in [0.717, 1.165) is 24.4 Å². The number of aryl methyl sites for hydroxylation is 2. The fourth-order valence-electron chi connectivity index (χ4n) is 2.35. The number of para-hydroxylation sites is 1. The van der Waals surface area contributed by atoms with Gasteiger partial charge in [0.1, 0.15) is 0 Å². The van der Waals surface area contributed by atoms with E-state index in [0.29, 0.717) is 25.2 Å². The van der Waals surface area contributed by atoms with Gasteiger partial charge in [0.05, 0.1) is 0 Å². The Morgan fingerprint density at radius 1 is 1.26 bits per heavy atom. The average molecular weight is 315 g/mol.